The van der Waals surface area contributed by atoms with Crippen LogP contribution in [0.2, 0.25) is 0 Å². The van der Waals surface area contributed by atoms with Gasteiger partial charge in [-0.05, 0) is 57.9 Å². The van der Waals surface area contributed by atoms with Crippen LogP contribution in [0.1, 0.15) is 44.0 Å². The normalized spacial score (nSPS) is 17.4. The number of nitrogens with one attached hydrogen (secondary N) is 2. The van der Waals surface area contributed by atoms with E-state index in [0.29, 0.717) is 37.4 Å². The zero-order chi connectivity index (χ0) is 19.6. The zero-order valence-electron chi connectivity index (χ0n) is 16.2. The number of urea groups is 1. The average Bonchev–Trinajstić information content (AvgIpc) is 3.45. The third-order valence-electron chi connectivity index (χ3n) is 4.69. The fraction of sp³-hybridized carbons (Fsp3) is 0.550. The van der Waals surface area contributed by atoms with Gasteiger partial charge in [-0.25, -0.2) is 4.79 Å². The Bertz CT molecular complexity index is 712. The van der Waals surface area contributed by atoms with E-state index in [9.17, 15) is 14.4 Å². The van der Waals surface area contributed by atoms with Crippen LogP contribution in [0.3, 0.4) is 0 Å². The van der Waals surface area contributed by atoms with Gasteiger partial charge in [-0.15, -0.1) is 0 Å². The molecule has 7 heteroatoms. The number of carbonyl (C=O) groups excluding carboxylic acids is 3. The average molecular weight is 372 g/mol. The summed E-state index contributed by atoms with van der Waals surface area (Å²) in [5, 5.41) is 5.76. The maximum atomic E-state index is 12.4. The van der Waals surface area contributed by atoms with E-state index in [4.69, 9.17) is 0 Å². The summed E-state index contributed by atoms with van der Waals surface area (Å²) in [6.07, 6.45) is 2.01. The molecule has 0 aromatic heterocycles. The van der Waals surface area contributed by atoms with Crippen LogP contribution in [0.15, 0.2) is 24.3 Å². The minimum Gasteiger partial charge on any atom is -0.347 e. The van der Waals surface area contributed by atoms with E-state index in [1.54, 1.807) is 29.2 Å². The number of hydrogen-bond donors (Lipinski definition) is 2. The highest BCUT2D eigenvalue weighted by atomic mass is 16.2. The van der Waals surface area contributed by atoms with Crippen molar-refractivity contribution in [3.8, 4) is 0 Å². The van der Waals surface area contributed by atoms with E-state index in [-0.39, 0.29) is 29.3 Å². The molecule has 1 heterocycles. The molecule has 0 unspecified atom stereocenters. The van der Waals surface area contributed by atoms with Crippen molar-refractivity contribution in [1.29, 1.82) is 0 Å². The Hall–Kier alpha value is -2.57. The quantitative estimate of drug-likeness (QED) is 0.854. The van der Waals surface area contributed by atoms with Gasteiger partial charge in [0.25, 0.3) is 5.91 Å². The Kier molecular flexibility index (Phi) is 5.39. The lowest BCUT2D eigenvalue weighted by Crippen LogP contribution is -2.52. The molecule has 0 bridgehead atoms. The molecule has 0 spiro atoms. The molecule has 2 fully saturated rings. The summed E-state index contributed by atoms with van der Waals surface area (Å²) in [5.41, 5.74) is 0.895. The molecule has 1 aliphatic heterocycles. The summed E-state index contributed by atoms with van der Waals surface area (Å²) in [7, 11) is 0. The lowest BCUT2D eigenvalue weighted by Gasteiger charge is -2.34. The molecule has 1 aliphatic carbocycles. The summed E-state index contributed by atoms with van der Waals surface area (Å²) >= 11 is 0. The molecule has 4 amide bonds. The summed E-state index contributed by atoms with van der Waals surface area (Å²) < 4.78 is 0. The highest BCUT2D eigenvalue weighted by Gasteiger charge is 2.35. The number of benzene rings is 1. The standard InChI is InChI=1S/C20H28N4O3/c1-20(2,3)22-17(25)14-6-8-16(9-7-14)21-19(27)24-12-10-23(11-13-24)18(26)15-4-5-15/h6-9,15H,4-5,10-13H2,1-3H3,(H,21,27)(H,22,25). The molecule has 1 saturated carbocycles. The molecular formula is C20H28N4O3. The Morgan fingerprint density at radius 3 is 2.00 bits per heavy atom. The first kappa shape index (κ1) is 19.2. The fourth-order valence-electron chi connectivity index (χ4n) is 3.04. The van der Waals surface area contributed by atoms with E-state index in [1.807, 2.05) is 25.7 Å². The maximum absolute atomic E-state index is 12.4. The van der Waals surface area contributed by atoms with E-state index in [2.05, 4.69) is 10.6 Å². The van der Waals surface area contributed by atoms with E-state index in [0.717, 1.165) is 12.8 Å². The van der Waals surface area contributed by atoms with Gasteiger partial charge < -0.3 is 20.4 Å². The predicted octanol–water partition coefficient (Wildman–Crippen LogP) is 2.30. The number of anilines is 1. The van der Waals surface area contributed by atoms with E-state index in [1.165, 1.54) is 0 Å². The number of rotatable bonds is 3. The van der Waals surface area contributed by atoms with Crippen LogP contribution in [0.4, 0.5) is 10.5 Å². The Morgan fingerprint density at radius 1 is 0.926 bits per heavy atom. The van der Waals surface area contributed by atoms with Crippen molar-refractivity contribution >= 4 is 23.5 Å². The predicted molar refractivity (Wildman–Crippen MR) is 104 cm³/mol. The van der Waals surface area contributed by atoms with Crippen LogP contribution in [0.25, 0.3) is 0 Å². The molecule has 1 aromatic carbocycles. The summed E-state index contributed by atoms with van der Waals surface area (Å²) in [4.78, 5) is 40.2. The van der Waals surface area contributed by atoms with Gasteiger partial charge in [0, 0.05) is 48.9 Å². The Morgan fingerprint density at radius 2 is 1.48 bits per heavy atom. The van der Waals surface area contributed by atoms with Gasteiger partial charge in [0.15, 0.2) is 0 Å². The van der Waals surface area contributed by atoms with Crippen molar-refractivity contribution in [2.24, 2.45) is 5.92 Å². The number of hydrogen-bond acceptors (Lipinski definition) is 3. The molecule has 27 heavy (non-hydrogen) atoms. The van der Waals surface area contributed by atoms with Crippen molar-refractivity contribution in [2.75, 3.05) is 31.5 Å². The smallest absolute Gasteiger partial charge is 0.321 e. The van der Waals surface area contributed by atoms with E-state index >= 15 is 0 Å². The topological polar surface area (TPSA) is 81.8 Å². The molecule has 1 saturated heterocycles. The zero-order valence-corrected chi connectivity index (χ0v) is 16.2. The van der Waals surface area contributed by atoms with Gasteiger partial charge in [0.2, 0.25) is 5.91 Å². The first-order valence-corrected chi connectivity index (χ1v) is 9.50. The molecule has 0 radical (unpaired) electrons. The third-order valence-corrected chi connectivity index (χ3v) is 4.69. The van der Waals surface area contributed by atoms with Crippen molar-refractivity contribution in [3.63, 3.8) is 0 Å². The van der Waals surface area contributed by atoms with Crippen LogP contribution >= 0.6 is 0 Å². The monoisotopic (exact) mass is 372 g/mol. The van der Waals surface area contributed by atoms with Crippen LogP contribution in [0.5, 0.6) is 0 Å². The first-order valence-electron chi connectivity index (χ1n) is 9.50. The number of carbonyl (C=O) groups is 3. The molecule has 2 aliphatic rings. The molecule has 2 N–H and O–H groups in total. The molecule has 3 rings (SSSR count). The number of nitrogens with zero attached hydrogens (tertiary/aromatic N) is 2. The van der Waals surface area contributed by atoms with Crippen molar-refractivity contribution in [1.82, 2.24) is 15.1 Å². The first-order chi connectivity index (χ1) is 12.7. The fourth-order valence-corrected chi connectivity index (χ4v) is 3.04. The Balaban J connectivity index is 1.49. The second kappa shape index (κ2) is 7.58. The summed E-state index contributed by atoms with van der Waals surface area (Å²) in [5.74, 6) is 0.315. The Labute approximate surface area is 160 Å². The van der Waals surface area contributed by atoms with Gasteiger partial charge in [-0.3, -0.25) is 9.59 Å². The number of amides is 4. The minimum atomic E-state index is -0.299. The van der Waals surface area contributed by atoms with Crippen LogP contribution < -0.4 is 10.6 Å². The highest BCUT2D eigenvalue weighted by Crippen LogP contribution is 2.31. The van der Waals surface area contributed by atoms with E-state index < -0.39 is 0 Å². The lowest BCUT2D eigenvalue weighted by atomic mass is 10.1. The molecule has 7 nitrogen and oxygen atoms in total. The van der Waals surface area contributed by atoms with Crippen molar-refractivity contribution in [3.05, 3.63) is 29.8 Å². The maximum Gasteiger partial charge on any atom is 0.321 e. The van der Waals surface area contributed by atoms with Gasteiger partial charge >= 0.3 is 6.03 Å². The van der Waals surface area contributed by atoms with Gasteiger partial charge in [0.1, 0.15) is 0 Å². The van der Waals surface area contributed by atoms with Gasteiger partial charge in [-0.2, -0.15) is 0 Å². The molecule has 0 atom stereocenters. The largest absolute Gasteiger partial charge is 0.347 e. The lowest BCUT2D eigenvalue weighted by molar-refractivity contribution is -0.133. The van der Waals surface area contributed by atoms with Gasteiger partial charge in [-0.1, -0.05) is 0 Å². The minimum absolute atomic E-state index is 0.142. The van der Waals surface area contributed by atoms with Gasteiger partial charge in [0.05, 0.1) is 0 Å². The summed E-state index contributed by atoms with van der Waals surface area (Å²) in [6.45, 7) is 8.04. The summed E-state index contributed by atoms with van der Waals surface area (Å²) in [6, 6.07) is 6.66. The number of piperazine rings is 1. The second-order valence-corrected chi connectivity index (χ2v) is 8.30. The van der Waals surface area contributed by atoms with Crippen LogP contribution in [-0.2, 0) is 4.79 Å². The molecular weight excluding hydrogens is 344 g/mol. The third kappa shape index (κ3) is 5.21. The SMILES string of the molecule is CC(C)(C)NC(=O)c1ccc(NC(=O)N2CCN(C(=O)C3CC3)CC2)cc1. The molecule has 1 aromatic rings. The van der Waals surface area contributed by atoms with Crippen LogP contribution in [0, 0.1) is 5.92 Å². The highest BCUT2D eigenvalue weighted by molar-refractivity contribution is 5.96. The van der Waals surface area contributed by atoms with Crippen molar-refractivity contribution < 1.29 is 14.4 Å². The molecule has 146 valence electrons. The van der Waals surface area contributed by atoms with Crippen molar-refractivity contribution in [2.45, 2.75) is 39.2 Å². The second-order valence-electron chi connectivity index (χ2n) is 8.30. The van der Waals surface area contributed by atoms with Crippen LogP contribution in [-0.4, -0.2) is 59.4 Å².